The molecule has 0 unspecified atom stereocenters. The average molecular weight is 770 g/mol. The Kier molecular flexibility index (Phi) is 15.7. The van der Waals surface area contributed by atoms with Gasteiger partial charge in [0.05, 0.1) is 0 Å². The molecule has 6 rings (SSSR count). The SMILES string of the molecule is CCC[Si].CCc1cc2c(-c3ccc(C(C)(C)C)cc3)cccc2[cH-]1.Cc1cc2c(-c3ccc(C(C)(C)C)cc3)cccc2[cH-]1.[Cl][Zr+2][Cl]. The van der Waals surface area contributed by atoms with Crippen molar-refractivity contribution < 1.29 is 20.8 Å². The molecule has 3 radical (unpaired) electrons. The summed E-state index contributed by atoms with van der Waals surface area (Å²) in [6.07, 6.45) is 2.33. The van der Waals surface area contributed by atoms with Crippen LogP contribution in [0.25, 0.3) is 43.8 Å². The Labute approximate surface area is 313 Å². The van der Waals surface area contributed by atoms with E-state index in [0.717, 1.165) is 12.5 Å². The Hall–Kier alpha value is -2.22. The van der Waals surface area contributed by atoms with Gasteiger partial charge in [-0.05, 0) is 39.5 Å². The van der Waals surface area contributed by atoms with E-state index in [1.54, 1.807) is 0 Å². The fourth-order valence-corrected chi connectivity index (χ4v) is 5.69. The number of rotatable bonds is 4. The molecule has 0 fully saturated rings. The van der Waals surface area contributed by atoms with Crippen molar-refractivity contribution in [2.45, 2.75) is 92.0 Å². The first-order valence-corrected chi connectivity index (χ1v) is 24.0. The van der Waals surface area contributed by atoms with Gasteiger partial charge >= 0.3 is 37.9 Å². The third-order valence-corrected chi connectivity index (χ3v) is 8.99. The summed E-state index contributed by atoms with van der Waals surface area (Å²) in [4.78, 5) is 0. The maximum absolute atomic E-state index is 4.93. The second-order valence-corrected chi connectivity index (χ2v) is 18.6. The van der Waals surface area contributed by atoms with Crippen molar-refractivity contribution in [2.75, 3.05) is 0 Å². The third kappa shape index (κ3) is 11.1. The zero-order valence-corrected chi connectivity index (χ0v) is 35.2. The number of aryl methyl sites for hydroxylation is 2. The summed E-state index contributed by atoms with van der Waals surface area (Å²) in [5, 5.41) is 5.41. The van der Waals surface area contributed by atoms with E-state index in [1.165, 1.54) is 72.5 Å². The predicted molar refractivity (Wildman–Crippen MR) is 214 cm³/mol. The monoisotopic (exact) mass is 767 g/mol. The molecule has 0 N–H and O–H groups in total. The molecule has 4 heteroatoms. The quantitative estimate of drug-likeness (QED) is 0.124. The third-order valence-electron chi connectivity index (χ3n) is 8.49. The van der Waals surface area contributed by atoms with Gasteiger partial charge in [0.25, 0.3) is 0 Å². The second-order valence-electron chi connectivity index (χ2n) is 14.3. The minimum absolute atomic E-state index is 0.209. The van der Waals surface area contributed by atoms with E-state index in [9.17, 15) is 0 Å². The van der Waals surface area contributed by atoms with Gasteiger partial charge in [-0.1, -0.05) is 147 Å². The standard InChI is InChI=1S/C21H23.C20H21.C3H7Si.2ClH.Zr/c1-5-15-13-17-7-6-8-19(20(17)14-15)16-9-11-18(12-10-16)21(2,3)4;1-14-12-16-6-5-7-18(19(16)13-14)15-8-10-17(11-9-15)20(2,3)4;1-2-3-4;;;/h6-14H,5H2,1-4H3;5-13H,1-4H3;2-3H2,1H3;2*1H;/q2*-1;;;;+4/p-2. The first-order valence-electron chi connectivity index (χ1n) is 16.9. The molecule has 6 aromatic rings. The van der Waals surface area contributed by atoms with E-state index in [1.807, 2.05) is 0 Å². The van der Waals surface area contributed by atoms with Crippen molar-refractivity contribution >= 4 is 48.8 Å². The van der Waals surface area contributed by atoms with Crippen LogP contribution in [0, 0.1) is 6.92 Å². The van der Waals surface area contributed by atoms with E-state index >= 15 is 0 Å². The second kappa shape index (κ2) is 18.7. The Morgan fingerprint density at radius 1 is 0.625 bits per heavy atom. The summed E-state index contributed by atoms with van der Waals surface area (Å²) in [7, 11) is 13.2. The van der Waals surface area contributed by atoms with Crippen LogP contribution in [0.2, 0.25) is 6.04 Å². The summed E-state index contributed by atoms with van der Waals surface area (Å²) in [5.41, 5.74) is 11.2. The molecule has 0 aromatic heterocycles. The summed E-state index contributed by atoms with van der Waals surface area (Å²) in [6, 6.07) is 41.5. The fraction of sp³-hybridized carbons (Fsp3) is 0.318. The Morgan fingerprint density at radius 2 is 1.02 bits per heavy atom. The maximum atomic E-state index is 4.93. The van der Waals surface area contributed by atoms with Gasteiger partial charge in [-0.3, -0.25) is 0 Å². The van der Waals surface area contributed by atoms with Gasteiger partial charge < -0.3 is 0 Å². The van der Waals surface area contributed by atoms with E-state index in [0.29, 0.717) is 0 Å². The van der Waals surface area contributed by atoms with E-state index in [-0.39, 0.29) is 10.8 Å². The molecule has 0 amide bonds. The number of benzene rings is 4. The molecule has 48 heavy (non-hydrogen) atoms. The molecule has 0 aliphatic heterocycles. The van der Waals surface area contributed by atoms with Crippen LogP contribution >= 0.6 is 17.0 Å². The van der Waals surface area contributed by atoms with Crippen molar-refractivity contribution in [3.8, 4) is 22.3 Å². The van der Waals surface area contributed by atoms with Crippen molar-refractivity contribution in [3.63, 3.8) is 0 Å². The van der Waals surface area contributed by atoms with Crippen LogP contribution in [0.4, 0.5) is 0 Å². The predicted octanol–water partition coefficient (Wildman–Crippen LogP) is 14.3. The molecule has 0 heterocycles. The van der Waals surface area contributed by atoms with Crippen LogP contribution in [-0.4, -0.2) is 10.2 Å². The van der Waals surface area contributed by atoms with Gasteiger partial charge in [-0.2, -0.15) is 12.1 Å². The van der Waals surface area contributed by atoms with Gasteiger partial charge in [0.1, 0.15) is 0 Å². The molecule has 0 aliphatic carbocycles. The number of hydrogen-bond acceptors (Lipinski definition) is 0. The van der Waals surface area contributed by atoms with Crippen molar-refractivity contribution in [1.29, 1.82) is 0 Å². The molecule has 0 spiro atoms. The topological polar surface area (TPSA) is 0 Å². The molecule has 0 nitrogen and oxygen atoms in total. The molecule has 0 saturated heterocycles. The molecule has 249 valence electrons. The minimum atomic E-state index is -0.826. The normalized spacial score (nSPS) is 11.1. The average Bonchev–Trinajstić information content (AvgIpc) is 3.67. The number of halogens is 2. The molecule has 0 saturated carbocycles. The summed E-state index contributed by atoms with van der Waals surface area (Å²) >= 11 is -0.826. The van der Waals surface area contributed by atoms with Crippen LogP contribution in [0.15, 0.2) is 109 Å². The van der Waals surface area contributed by atoms with Crippen LogP contribution in [0.5, 0.6) is 0 Å². The molecular weight excluding hydrogens is 719 g/mol. The van der Waals surface area contributed by atoms with Crippen molar-refractivity contribution in [3.05, 3.63) is 131 Å². The van der Waals surface area contributed by atoms with E-state index < -0.39 is 20.8 Å². The Bertz CT molecular complexity index is 1830. The molecule has 0 bridgehead atoms. The first kappa shape index (κ1) is 40.2. The summed E-state index contributed by atoms with van der Waals surface area (Å²) < 4.78 is 0. The van der Waals surface area contributed by atoms with E-state index in [4.69, 9.17) is 17.0 Å². The van der Waals surface area contributed by atoms with Gasteiger partial charge in [0, 0.05) is 10.2 Å². The van der Waals surface area contributed by atoms with Crippen LogP contribution < -0.4 is 0 Å². The zero-order chi connectivity index (χ0) is 35.5. The summed E-state index contributed by atoms with van der Waals surface area (Å²) in [5.74, 6) is 0. The molecule has 0 atom stereocenters. The van der Waals surface area contributed by atoms with Crippen molar-refractivity contribution in [1.82, 2.24) is 0 Å². The molecule has 0 aliphatic rings. The molecular formula is C44H51Cl2SiZr. The Morgan fingerprint density at radius 3 is 1.40 bits per heavy atom. The van der Waals surface area contributed by atoms with E-state index in [2.05, 4.69) is 182 Å². The van der Waals surface area contributed by atoms with Gasteiger partial charge in [-0.25, -0.2) is 0 Å². The van der Waals surface area contributed by atoms with Gasteiger partial charge in [-0.15, -0.1) is 69.1 Å². The number of hydrogen-bond donors (Lipinski definition) is 0. The van der Waals surface area contributed by atoms with Crippen molar-refractivity contribution in [2.24, 2.45) is 0 Å². The molecule has 6 aromatic carbocycles. The zero-order valence-electron chi connectivity index (χ0n) is 30.3. The van der Waals surface area contributed by atoms with Crippen LogP contribution in [0.3, 0.4) is 0 Å². The summed E-state index contributed by atoms with van der Waals surface area (Å²) in [6.45, 7) is 20.0. The fourth-order valence-electron chi connectivity index (χ4n) is 5.69. The first-order chi connectivity index (χ1) is 22.8. The Balaban J connectivity index is 0.000000219. The number of fused-ring (bicyclic) bond motifs is 2. The van der Waals surface area contributed by atoms with Crippen LogP contribution in [0.1, 0.15) is 84.1 Å². The van der Waals surface area contributed by atoms with Gasteiger partial charge in [0.15, 0.2) is 0 Å². The van der Waals surface area contributed by atoms with Crippen LogP contribution in [-0.2, 0) is 38.1 Å². The van der Waals surface area contributed by atoms with Gasteiger partial charge in [0.2, 0.25) is 0 Å².